The van der Waals surface area contributed by atoms with Gasteiger partial charge >= 0.3 is 0 Å². The number of nitrogens with zero attached hydrogens (tertiary/aromatic N) is 3. The van der Waals surface area contributed by atoms with Gasteiger partial charge in [-0.05, 0) is 30.0 Å². The average molecular weight is 466 g/mol. The first-order chi connectivity index (χ1) is 16.6. The number of ether oxygens (including phenoxy) is 1. The van der Waals surface area contributed by atoms with Gasteiger partial charge in [0, 0.05) is 45.1 Å². The Labute approximate surface area is 204 Å². The third-order valence-electron chi connectivity index (χ3n) is 6.66. The van der Waals surface area contributed by atoms with Crippen molar-refractivity contribution in [2.45, 2.75) is 51.6 Å². The van der Waals surface area contributed by atoms with Crippen LogP contribution in [0.2, 0.25) is 0 Å². The molecular weight excluding hydrogens is 426 g/mol. The monoisotopic (exact) mass is 465 g/mol. The molecule has 0 spiro atoms. The third kappa shape index (κ3) is 7.87. The molecule has 1 aromatic heterocycles. The van der Waals surface area contributed by atoms with Crippen LogP contribution in [-0.2, 0) is 27.4 Å². The summed E-state index contributed by atoms with van der Waals surface area (Å²) in [5.41, 5.74) is 2.26. The quantitative estimate of drug-likeness (QED) is 0.386. The number of rotatable bonds is 14. The highest BCUT2D eigenvalue weighted by atomic mass is 16.5. The minimum absolute atomic E-state index is 0.0410. The number of benzene rings is 1. The molecule has 0 bridgehead atoms. The second kappa shape index (κ2) is 13.8. The molecule has 1 aliphatic carbocycles. The van der Waals surface area contributed by atoms with Gasteiger partial charge < -0.3 is 19.1 Å². The van der Waals surface area contributed by atoms with E-state index in [1.54, 1.807) is 23.0 Å². The molecule has 1 fully saturated rings. The molecule has 6 nitrogen and oxygen atoms in total. The van der Waals surface area contributed by atoms with Crippen molar-refractivity contribution in [2.75, 3.05) is 33.4 Å². The van der Waals surface area contributed by atoms with Crippen molar-refractivity contribution in [1.82, 2.24) is 14.4 Å². The molecular formula is C28H39N3O3. The van der Waals surface area contributed by atoms with Gasteiger partial charge in [-0.1, -0.05) is 62.1 Å². The Balaban J connectivity index is 1.63. The zero-order chi connectivity index (χ0) is 24.2. The van der Waals surface area contributed by atoms with Crippen LogP contribution in [0.25, 0.3) is 0 Å². The number of carbonyl (C=O) groups is 2. The minimum atomic E-state index is -0.0689. The molecule has 6 heteroatoms. The number of hydrogen-bond acceptors (Lipinski definition) is 3. The van der Waals surface area contributed by atoms with Crippen LogP contribution in [0.5, 0.6) is 0 Å². The van der Waals surface area contributed by atoms with E-state index in [2.05, 4.69) is 23.3 Å². The van der Waals surface area contributed by atoms with Gasteiger partial charge in [-0.15, -0.1) is 6.58 Å². The Morgan fingerprint density at radius 1 is 1.09 bits per heavy atom. The van der Waals surface area contributed by atoms with Gasteiger partial charge in [0.2, 0.25) is 11.8 Å². The Morgan fingerprint density at radius 3 is 2.56 bits per heavy atom. The maximum Gasteiger partial charge on any atom is 0.242 e. The predicted octanol–water partition coefficient (Wildman–Crippen LogP) is 4.50. The average Bonchev–Trinajstić information content (AvgIpc) is 3.52. The molecule has 1 aromatic carbocycles. The Hall–Kier alpha value is -2.86. The van der Waals surface area contributed by atoms with E-state index in [-0.39, 0.29) is 18.4 Å². The molecule has 1 heterocycles. The van der Waals surface area contributed by atoms with E-state index >= 15 is 0 Å². The maximum absolute atomic E-state index is 13.3. The predicted molar refractivity (Wildman–Crippen MR) is 135 cm³/mol. The Bertz CT molecular complexity index is 903. The van der Waals surface area contributed by atoms with E-state index in [4.69, 9.17) is 4.74 Å². The smallest absolute Gasteiger partial charge is 0.242 e. The second-order valence-corrected chi connectivity index (χ2v) is 9.17. The van der Waals surface area contributed by atoms with Gasteiger partial charge in [0.05, 0.1) is 13.2 Å². The van der Waals surface area contributed by atoms with E-state index in [9.17, 15) is 9.59 Å². The lowest BCUT2D eigenvalue weighted by Crippen LogP contribution is -2.44. The molecule has 1 aliphatic rings. The van der Waals surface area contributed by atoms with Crippen LogP contribution in [-0.4, -0.2) is 59.5 Å². The summed E-state index contributed by atoms with van der Waals surface area (Å²) in [6, 6.07) is 14.3. The van der Waals surface area contributed by atoms with E-state index in [0.29, 0.717) is 38.6 Å². The van der Waals surface area contributed by atoms with Gasteiger partial charge in [0.25, 0.3) is 0 Å². The third-order valence-corrected chi connectivity index (χ3v) is 6.66. The van der Waals surface area contributed by atoms with Crippen LogP contribution in [0.3, 0.4) is 0 Å². The number of aromatic nitrogens is 1. The van der Waals surface area contributed by atoms with Crippen molar-refractivity contribution in [3.63, 3.8) is 0 Å². The first kappa shape index (κ1) is 25.8. The van der Waals surface area contributed by atoms with Crippen molar-refractivity contribution in [1.29, 1.82) is 0 Å². The number of methoxy groups -OCH3 is 1. The van der Waals surface area contributed by atoms with Crippen molar-refractivity contribution >= 4 is 11.8 Å². The molecule has 0 atom stereocenters. The van der Waals surface area contributed by atoms with Crippen molar-refractivity contribution in [3.8, 4) is 0 Å². The van der Waals surface area contributed by atoms with Crippen molar-refractivity contribution in [2.24, 2.45) is 5.92 Å². The molecule has 2 aromatic rings. The molecule has 1 saturated carbocycles. The Kier molecular flexibility index (Phi) is 10.4. The lowest BCUT2D eigenvalue weighted by atomic mass is 10.0. The summed E-state index contributed by atoms with van der Waals surface area (Å²) in [5.74, 6) is 0.626. The molecule has 0 saturated heterocycles. The van der Waals surface area contributed by atoms with Crippen molar-refractivity contribution in [3.05, 3.63) is 72.6 Å². The minimum Gasteiger partial charge on any atom is -0.383 e. The van der Waals surface area contributed by atoms with E-state index in [0.717, 1.165) is 18.7 Å². The van der Waals surface area contributed by atoms with Gasteiger partial charge in [-0.25, -0.2) is 0 Å². The zero-order valence-corrected chi connectivity index (χ0v) is 20.5. The summed E-state index contributed by atoms with van der Waals surface area (Å²) < 4.78 is 7.43. The van der Waals surface area contributed by atoms with Gasteiger partial charge in [0.15, 0.2) is 0 Å². The highest BCUT2D eigenvalue weighted by Crippen LogP contribution is 2.28. The highest BCUT2D eigenvalue weighted by Gasteiger charge is 2.23. The second-order valence-electron chi connectivity index (χ2n) is 9.17. The first-order valence-electron chi connectivity index (χ1n) is 12.4. The Morgan fingerprint density at radius 2 is 1.85 bits per heavy atom. The summed E-state index contributed by atoms with van der Waals surface area (Å²) in [7, 11) is 1.64. The number of carbonyl (C=O) groups excluding carboxylic acids is 2. The molecule has 0 unspecified atom stereocenters. The summed E-state index contributed by atoms with van der Waals surface area (Å²) in [4.78, 5) is 29.7. The fourth-order valence-corrected chi connectivity index (χ4v) is 4.67. The van der Waals surface area contributed by atoms with Crippen LogP contribution in [0, 0.1) is 5.92 Å². The van der Waals surface area contributed by atoms with Gasteiger partial charge in [-0.2, -0.15) is 0 Å². The van der Waals surface area contributed by atoms with Crippen LogP contribution in [0.15, 0.2) is 61.3 Å². The number of amides is 2. The normalized spacial score (nSPS) is 13.7. The summed E-state index contributed by atoms with van der Waals surface area (Å²) in [6.07, 6.45) is 10.2. The molecule has 3 rings (SSSR count). The fourth-order valence-electron chi connectivity index (χ4n) is 4.67. The summed E-state index contributed by atoms with van der Waals surface area (Å²) in [5, 5.41) is 0. The standard InChI is InChI=1S/C28H39N3O3/c1-3-17-30(27(32)16-15-24-10-7-8-11-24)23-28(33)31(19-20-34-2)22-26-14-9-18-29(26)21-25-12-5-4-6-13-25/h3-6,9,12-14,18,24H,1,7-8,10-11,15-17,19-23H2,2H3. The van der Waals surface area contributed by atoms with Crippen molar-refractivity contribution < 1.29 is 14.3 Å². The molecule has 0 aliphatic heterocycles. The number of hydrogen-bond donors (Lipinski definition) is 0. The maximum atomic E-state index is 13.3. The lowest BCUT2D eigenvalue weighted by Gasteiger charge is -2.28. The van der Waals surface area contributed by atoms with Gasteiger partial charge in [0.1, 0.15) is 6.54 Å². The van der Waals surface area contributed by atoms with E-state index in [1.165, 1.54) is 31.2 Å². The van der Waals surface area contributed by atoms with E-state index < -0.39 is 0 Å². The summed E-state index contributed by atoms with van der Waals surface area (Å²) >= 11 is 0. The highest BCUT2D eigenvalue weighted by molar-refractivity contribution is 5.85. The zero-order valence-electron chi connectivity index (χ0n) is 20.5. The largest absolute Gasteiger partial charge is 0.383 e. The van der Waals surface area contributed by atoms with Crippen LogP contribution in [0.1, 0.15) is 49.8 Å². The van der Waals surface area contributed by atoms with Gasteiger partial charge in [-0.3, -0.25) is 9.59 Å². The molecule has 0 radical (unpaired) electrons. The van der Waals surface area contributed by atoms with Crippen LogP contribution >= 0.6 is 0 Å². The molecule has 0 N–H and O–H groups in total. The first-order valence-corrected chi connectivity index (χ1v) is 12.4. The summed E-state index contributed by atoms with van der Waals surface area (Å²) in [6.45, 7) is 6.39. The topological polar surface area (TPSA) is 54.8 Å². The lowest BCUT2D eigenvalue weighted by molar-refractivity contribution is -0.141. The van der Waals surface area contributed by atoms with Crippen LogP contribution < -0.4 is 0 Å². The molecule has 2 amide bonds. The molecule has 34 heavy (non-hydrogen) atoms. The fraction of sp³-hybridized carbons (Fsp3) is 0.500. The molecule has 184 valence electrons. The van der Waals surface area contributed by atoms with Crippen LogP contribution in [0.4, 0.5) is 0 Å². The van der Waals surface area contributed by atoms with E-state index in [1.807, 2.05) is 36.5 Å². The SMILES string of the molecule is C=CCN(CC(=O)N(CCOC)Cc1cccn1Cc1ccccc1)C(=O)CCC1CCCC1.